The lowest BCUT2D eigenvalue weighted by atomic mass is 10.2. The maximum atomic E-state index is 11.9. The van der Waals surface area contributed by atoms with Gasteiger partial charge in [-0.1, -0.05) is 23.7 Å². The molecule has 1 amide bonds. The van der Waals surface area contributed by atoms with Crippen LogP contribution in [0.25, 0.3) is 0 Å². The summed E-state index contributed by atoms with van der Waals surface area (Å²) in [5.41, 5.74) is 0.673. The number of hydrogen-bond donors (Lipinski definition) is 2. The molecule has 1 heterocycles. The number of carbonyl (C=O) groups is 1. The van der Waals surface area contributed by atoms with E-state index in [1.807, 2.05) is 12.1 Å². The zero-order valence-corrected chi connectivity index (χ0v) is 11.2. The Labute approximate surface area is 112 Å². The third kappa shape index (κ3) is 3.45. The summed E-state index contributed by atoms with van der Waals surface area (Å²) >= 11 is 6.00. The van der Waals surface area contributed by atoms with Crippen LogP contribution >= 0.6 is 11.6 Å². The van der Waals surface area contributed by atoms with E-state index < -0.39 is 0 Å². The molecule has 1 aliphatic heterocycles. The van der Waals surface area contributed by atoms with Gasteiger partial charge >= 0.3 is 0 Å². The van der Waals surface area contributed by atoms with Gasteiger partial charge in [0.05, 0.1) is 17.3 Å². The zero-order valence-electron chi connectivity index (χ0n) is 10.4. The molecule has 0 aliphatic carbocycles. The quantitative estimate of drug-likeness (QED) is 0.874. The topological polar surface area (TPSA) is 44.4 Å². The summed E-state index contributed by atoms with van der Waals surface area (Å²) in [7, 11) is 0. The van der Waals surface area contributed by atoms with Crippen LogP contribution in [0.4, 0.5) is 5.69 Å². The molecule has 1 saturated heterocycles. The first-order valence-corrected chi connectivity index (χ1v) is 6.54. The van der Waals surface area contributed by atoms with Crippen LogP contribution in [-0.2, 0) is 4.79 Å². The van der Waals surface area contributed by atoms with E-state index in [-0.39, 0.29) is 5.91 Å². The second-order valence-electron chi connectivity index (χ2n) is 4.55. The molecule has 1 aliphatic rings. The fraction of sp³-hybridized carbons (Fsp3) is 0.462. The number of carbonyl (C=O) groups excluding carboxylic acids is 1. The van der Waals surface area contributed by atoms with Gasteiger partial charge in [-0.15, -0.1) is 0 Å². The average molecular weight is 268 g/mol. The Morgan fingerprint density at radius 2 is 2.33 bits per heavy atom. The van der Waals surface area contributed by atoms with Crippen LogP contribution in [0.5, 0.6) is 0 Å². The highest BCUT2D eigenvalue weighted by atomic mass is 35.5. The first-order valence-electron chi connectivity index (χ1n) is 6.16. The lowest BCUT2D eigenvalue weighted by Gasteiger charge is -2.33. The van der Waals surface area contributed by atoms with Gasteiger partial charge in [0.2, 0.25) is 5.91 Å². The number of anilines is 1. The summed E-state index contributed by atoms with van der Waals surface area (Å²) in [6, 6.07) is 7.66. The molecule has 1 aromatic carbocycles. The number of benzene rings is 1. The van der Waals surface area contributed by atoms with Crippen molar-refractivity contribution in [3.05, 3.63) is 29.3 Å². The molecule has 4 nitrogen and oxygen atoms in total. The molecule has 0 aromatic heterocycles. The minimum absolute atomic E-state index is 0.0168. The van der Waals surface area contributed by atoms with Gasteiger partial charge in [0.25, 0.3) is 0 Å². The van der Waals surface area contributed by atoms with E-state index in [0.29, 0.717) is 23.3 Å². The first-order chi connectivity index (χ1) is 8.66. The zero-order chi connectivity index (χ0) is 13.0. The van der Waals surface area contributed by atoms with E-state index in [2.05, 4.69) is 22.5 Å². The highest BCUT2D eigenvalue weighted by Gasteiger charge is 2.20. The van der Waals surface area contributed by atoms with Crippen molar-refractivity contribution in [1.29, 1.82) is 0 Å². The van der Waals surface area contributed by atoms with E-state index >= 15 is 0 Å². The number of para-hydroxylation sites is 1. The number of halogens is 1. The van der Waals surface area contributed by atoms with Gasteiger partial charge in [0.15, 0.2) is 0 Å². The predicted octanol–water partition coefficient (Wildman–Crippen LogP) is 1.57. The molecule has 1 unspecified atom stereocenters. The lowest BCUT2D eigenvalue weighted by molar-refractivity contribution is -0.118. The largest absolute Gasteiger partial charge is 0.324 e. The summed E-state index contributed by atoms with van der Waals surface area (Å²) in [4.78, 5) is 14.1. The molecule has 2 rings (SSSR count). The van der Waals surface area contributed by atoms with Crippen molar-refractivity contribution >= 4 is 23.2 Å². The van der Waals surface area contributed by atoms with Gasteiger partial charge in [-0.25, -0.2) is 0 Å². The Morgan fingerprint density at radius 1 is 1.56 bits per heavy atom. The molecule has 1 fully saturated rings. The third-order valence-corrected chi connectivity index (χ3v) is 3.46. The van der Waals surface area contributed by atoms with Crippen molar-refractivity contribution in [2.75, 3.05) is 31.5 Å². The number of hydrogen-bond acceptors (Lipinski definition) is 3. The number of amides is 1. The standard InChI is InChI=1S/C13H18ClN3O/c1-10-8-15-6-7-17(10)9-13(18)16-12-5-3-2-4-11(12)14/h2-5,10,15H,6-9H2,1H3,(H,16,18). The molecular formula is C13H18ClN3O. The third-order valence-electron chi connectivity index (χ3n) is 3.13. The minimum atomic E-state index is -0.0168. The van der Waals surface area contributed by atoms with Crippen LogP contribution in [0.15, 0.2) is 24.3 Å². The van der Waals surface area contributed by atoms with Crippen LogP contribution in [0.2, 0.25) is 5.02 Å². The fourth-order valence-electron chi connectivity index (χ4n) is 2.05. The van der Waals surface area contributed by atoms with E-state index in [1.165, 1.54) is 0 Å². The molecule has 1 aromatic rings. The summed E-state index contributed by atoms with van der Waals surface area (Å²) in [6.45, 7) is 5.29. The van der Waals surface area contributed by atoms with Gasteiger partial charge in [-0.3, -0.25) is 9.69 Å². The van der Waals surface area contributed by atoms with Crippen LogP contribution in [0.3, 0.4) is 0 Å². The van der Waals surface area contributed by atoms with Gasteiger partial charge in [0, 0.05) is 25.7 Å². The van der Waals surface area contributed by atoms with Gasteiger partial charge in [0.1, 0.15) is 0 Å². The minimum Gasteiger partial charge on any atom is -0.324 e. The molecular weight excluding hydrogens is 250 g/mol. The smallest absolute Gasteiger partial charge is 0.238 e. The van der Waals surface area contributed by atoms with Crippen LogP contribution < -0.4 is 10.6 Å². The van der Waals surface area contributed by atoms with Crippen molar-refractivity contribution in [3.8, 4) is 0 Å². The van der Waals surface area contributed by atoms with Crippen LogP contribution in [-0.4, -0.2) is 43.0 Å². The normalized spacial score (nSPS) is 20.7. The number of piperazine rings is 1. The van der Waals surface area contributed by atoms with E-state index in [1.54, 1.807) is 12.1 Å². The van der Waals surface area contributed by atoms with Crippen molar-refractivity contribution in [3.63, 3.8) is 0 Å². The maximum Gasteiger partial charge on any atom is 0.238 e. The molecule has 0 saturated carbocycles. The summed E-state index contributed by atoms with van der Waals surface area (Å²) in [5.74, 6) is -0.0168. The van der Waals surface area contributed by atoms with Crippen molar-refractivity contribution in [2.45, 2.75) is 13.0 Å². The second kappa shape index (κ2) is 6.18. The Morgan fingerprint density at radius 3 is 3.06 bits per heavy atom. The Kier molecular flexibility index (Phi) is 4.58. The highest BCUT2D eigenvalue weighted by molar-refractivity contribution is 6.33. The predicted molar refractivity (Wildman–Crippen MR) is 74.0 cm³/mol. The van der Waals surface area contributed by atoms with E-state index in [9.17, 15) is 4.79 Å². The molecule has 5 heteroatoms. The summed E-state index contributed by atoms with van der Waals surface area (Å²) in [6.07, 6.45) is 0. The fourth-order valence-corrected chi connectivity index (χ4v) is 2.24. The first kappa shape index (κ1) is 13.3. The molecule has 98 valence electrons. The molecule has 1 atom stereocenters. The molecule has 18 heavy (non-hydrogen) atoms. The van der Waals surface area contributed by atoms with Gasteiger partial charge < -0.3 is 10.6 Å². The Balaban J connectivity index is 1.90. The Bertz CT molecular complexity index is 424. The second-order valence-corrected chi connectivity index (χ2v) is 4.96. The monoisotopic (exact) mass is 267 g/mol. The number of rotatable bonds is 3. The number of nitrogens with zero attached hydrogens (tertiary/aromatic N) is 1. The van der Waals surface area contributed by atoms with E-state index in [0.717, 1.165) is 19.6 Å². The van der Waals surface area contributed by atoms with Crippen molar-refractivity contribution in [2.24, 2.45) is 0 Å². The molecule has 0 radical (unpaired) electrons. The van der Waals surface area contributed by atoms with Gasteiger partial charge in [-0.05, 0) is 19.1 Å². The molecule has 0 bridgehead atoms. The van der Waals surface area contributed by atoms with E-state index in [4.69, 9.17) is 11.6 Å². The van der Waals surface area contributed by atoms with Crippen LogP contribution in [0, 0.1) is 0 Å². The highest BCUT2D eigenvalue weighted by Crippen LogP contribution is 2.20. The van der Waals surface area contributed by atoms with Crippen LogP contribution in [0.1, 0.15) is 6.92 Å². The Hall–Kier alpha value is -1.10. The molecule has 2 N–H and O–H groups in total. The lowest BCUT2D eigenvalue weighted by Crippen LogP contribution is -2.51. The number of nitrogens with one attached hydrogen (secondary N) is 2. The average Bonchev–Trinajstić information content (AvgIpc) is 2.35. The SMILES string of the molecule is CC1CNCCN1CC(=O)Nc1ccccc1Cl. The summed E-state index contributed by atoms with van der Waals surface area (Å²) < 4.78 is 0. The van der Waals surface area contributed by atoms with Gasteiger partial charge in [-0.2, -0.15) is 0 Å². The summed E-state index contributed by atoms with van der Waals surface area (Å²) in [5, 5.41) is 6.72. The van der Waals surface area contributed by atoms with Crippen molar-refractivity contribution in [1.82, 2.24) is 10.2 Å². The maximum absolute atomic E-state index is 11.9. The van der Waals surface area contributed by atoms with Crippen molar-refractivity contribution < 1.29 is 4.79 Å². The molecule has 0 spiro atoms.